The molecule has 2 aromatic carbocycles. The Morgan fingerprint density at radius 3 is 2.68 bits per heavy atom. The van der Waals surface area contributed by atoms with Crippen LogP contribution in [-0.4, -0.2) is 23.7 Å². The number of fused-ring (bicyclic) bond motifs is 1. The molecular weight excluding hydrogens is 238 g/mol. The van der Waals surface area contributed by atoms with E-state index in [9.17, 15) is 4.79 Å². The zero-order valence-electron chi connectivity index (χ0n) is 11.1. The lowest BCUT2D eigenvalue weighted by molar-refractivity contribution is -0.121. The van der Waals surface area contributed by atoms with E-state index in [4.69, 9.17) is 5.11 Å². The highest BCUT2D eigenvalue weighted by molar-refractivity contribution is 5.90. The lowest BCUT2D eigenvalue weighted by atomic mass is 10.0. The topological polar surface area (TPSA) is 49.3 Å². The lowest BCUT2D eigenvalue weighted by Gasteiger charge is -2.14. The van der Waals surface area contributed by atoms with Crippen molar-refractivity contribution in [3.63, 3.8) is 0 Å². The maximum atomic E-state index is 12.0. The van der Waals surface area contributed by atoms with Crippen molar-refractivity contribution >= 4 is 16.7 Å². The molecule has 0 fully saturated rings. The van der Waals surface area contributed by atoms with Crippen molar-refractivity contribution in [2.75, 3.05) is 6.61 Å². The zero-order valence-corrected chi connectivity index (χ0v) is 11.1. The Morgan fingerprint density at radius 1 is 1.21 bits per heavy atom. The van der Waals surface area contributed by atoms with E-state index in [1.807, 2.05) is 49.4 Å². The number of aliphatic hydroxyl groups is 1. The smallest absolute Gasteiger partial charge is 0.224 e. The molecule has 2 N–H and O–H groups in total. The Balaban J connectivity index is 2.15. The van der Waals surface area contributed by atoms with E-state index >= 15 is 0 Å². The van der Waals surface area contributed by atoms with Crippen molar-refractivity contribution in [2.24, 2.45) is 0 Å². The van der Waals surface area contributed by atoms with Gasteiger partial charge in [0.1, 0.15) is 0 Å². The molecule has 0 radical (unpaired) electrons. The van der Waals surface area contributed by atoms with Gasteiger partial charge in [0.05, 0.1) is 19.1 Å². The molecule has 0 saturated carbocycles. The number of carbonyl (C=O) groups excluding carboxylic acids is 1. The molecular formula is C16H19NO2. The summed E-state index contributed by atoms with van der Waals surface area (Å²) in [6.45, 7) is 1.93. The van der Waals surface area contributed by atoms with Crippen LogP contribution >= 0.6 is 0 Å². The second-order valence-electron chi connectivity index (χ2n) is 4.67. The summed E-state index contributed by atoms with van der Waals surface area (Å²) in [6, 6.07) is 13.9. The number of aliphatic hydroxyl groups excluding tert-OH is 1. The zero-order chi connectivity index (χ0) is 13.7. The first kappa shape index (κ1) is 13.6. The summed E-state index contributed by atoms with van der Waals surface area (Å²) in [5.41, 5.74) is 1.02. The Kier molecular flexibility index (Phi) is 4.53. The molecule has 2 rings (SSSR count). The van der Waals surface area contributed by atoms with Gasteiger partial charge in [-0.2, -0.15) is 0 Å². The fourth-order valence-electron chi connectivity index (χ4n) is 2.18. The summed E-state index contributed by atoms with van der Waals surface area (Å²) in [5.74, 6) is -0.0442. The molecule has 3 nitrogen and oxygen atoms in total. The molecule has 19 heavy (non-hydrogen) atoms. The molecule has 0 bridgehead atoms. The van der Waals surface area contributed by atoms with Crippen LogP contribution in [0.2, 0.25) is 0 Å². The van der Waals surface area contributed by atoms with Crippen LogP contribution in [-0.2, 0) is 11.2 Å². The van der Waals surface area contributed by atoms with Crippen LogP contribution in [0.4, 0.5) is 0 Å². The van der Waals surface area contributed by atoms with E-state index in [1.165, 1.54) is 0 Å². The van der Waals surface area contributed by atoms with Gasteiger partial charge in [0, 0.05) is 0 Å². The highest BCUT2D eigenvalue weighted by atomic mass is 16.3. The largest absolute Gasteiger partial charge is 0.394 e. The molecule has 0 aliphatic carbocycles. The van der Waals surface area contributed by atoms with Gasteiger partial charge in [-0.3, -0.25) is 4.79 Å². The van der Waals surface area contributed by atoms with E-state index in [-0.39, 0.29) is 18.6 Å². The summed E-state index contributed by atoms with van der Waals surface area (Å²) < 4.78 is 0. The second kappa shape index (κ2) is 6.34. The van der Waals surface area contributed by atoms with Crippen LogP contribution in [0.15, 0.2) is 42.5 Å². The van der Waals surface area contributed by atoms with E-state index < -0.39 is 0 Å². The fourth-order valence-corrected chi connectivity index (χ4v) is 2.18. The number of benzene rings is 2. The molecule has 0 aliphatic rings. The molecule has 0 aliphatic heterocycles. The summed E-state index contributed by atoms with van der Waals surface area (Å²) in [7, 11) is 0. The number of rotatable bonds is 5. The minimum atomic E-state index is -0.150. The average Bonchev–Trinajstić information content (AvgIpc) is 2.45. The minimum Gasteiger partial charge on any atom is -0.394 e. The van der Waals surface area contributed by atoms with E-state index in [1.54, 1.807) is 0 Å². The van der Waals surface area contributed by atoms with Crippen molar-refractivity contribution < 1.29 is 9.90 Å². The molecule has 0 unspecified atom stereocenters. The molecule has 2 aromatic rings. The number of hydrogen-bond acceptors (Lipinski definition) is 2. The minimum absolute atomic E-state index is 0.0161. The van der Waals surface area contributed by atoms with Crippen molar-refractivity contribution in [2.45, 2.75) is 25.8 Å². The van der Waals surface area contributed by atoms with E-state index in [0.29, 0.717) is 6.42 Å². The van der Waals surface area contributed by atoms with Crippen LogP contribution in [0.5, 0.6) is 0 Å². The summed E-state index contributed by atoms with van der Waals surface area (Å²) in [4.78, 5) is 12.0. The summed E-state index contributed by atoms with van der Waals surface area (Å²) in [6.07, 6.45) is 1.08. The van der Waals surface area contributed by atoms with Gasteiger partial charge >= 0.3 is 0 Å². The maximum absolute atomic E-state index is 12.0. The second-order valence-corrected chi connectivity index (χ2v) is 4.67. The Morgan fingerprint density at radius 2 is 1.95 bits per heavy atom. The maximum Gasteiger partial charge on any atom is 0.224 e. The molecule has 0 heterocycles. The molecule has 0 saturated heterocycles. The number of hydrogen-bond donors (Lipinski definition) is 2. The number of carbonyl (C=O) groups is 1. The van der Waals surface area contributed by atoms with Crippen LogP contribution in [0.25, 0.3) is 10.8 Å². The third-order valence-corrected chi connectivity index (χ3v) is 3.31. The molecule has 3 heteroatoms. The van der Waals surface area contributed by atoms with E-state index in [0.717, 1.165) is 22.8 Å². The molecule has 100 valence electrons. The van der Waals surface area contributed by atoms with Crippen LogP contribution < -0.4 is 5.32 Å². The SMILES string of the molecule is CC[C@H](CO)NC(=O)Cc1cccc2ccccc12. The van der Waals surface area contributed by atoms with Gasteiger partial charge in [-0.05, 0) is 22.8 Å². The Hall–Kier alpha value is -1.87. The standard InChI is InChI=1S/C16H19NO2/c1-2-14(11-18)17-16(19)10-13-8-5-7-12-6-3-4-9-15(12)13/h3-9,14,18H,2,10-11H2,1H3,(H,17,19)/t14-/m1/s1. The number of nitrogens with one attached hydrogen (secondary N) is 1. The number of amides is 1. The van der Waals surface area contributed by atoms with Gasteiger partial charge in [0.25, 0.3) is 0 Å². The fraction of sp³-hybridized carbons (Fsp3) is 0.312. The predicted molar refractivity (Wildman–Crippen MR) is 77.0 cm³/mol. The molecule has 1 atom stereocenters. The van der Waals surface area contributed by atoms with Gasteiger partial charge in [0.2, 0.25) is 5.91 Å². The Bertz CT molecular complexity index is 556. The first-order chi connectivity index (χ1) is 9.24. The van der Waals surface area contributed by atoms with Gasteiger partial charge in [-0.25, -0.2) is 0 Å². The molecule has 1 amide bonds. The third kappa shape index (κ3) is 3.32. The van der Waals surface area contributed by atoms with E-state index in [2.05, 4.69) is 5.32 Å². The van der Waals surface area contributed by atoms with Crippen molar-refractivity contribution in [3.05, 3.63) is 48.0 Å². The van der Waals surface area contributed by atoms with Crippen molar-refractivity contribution in [3.8, 4) is 0 Å². The third-order valence-electron chi connectivity index (χ3n) is 3.31. The summed E-state index contributed by atoms with van der Waals surface area (Å²) >= 11 is 0. The van der Waals surface area contributed by atoms with Crippen molar-refractivity contribution in [1.82, 2.24) is 5.32 Å². The monoisotopic (exact) mass is 257 g/mol. The van der Waals surface area contributed by atoms with Crippen LogP contribution in [0.1, 0.15) is 18.9 Å². The summed E-state index contributed by atoms with van der Waals surface area (Å²) in [5, 5.41) is 14.2. The molecule has 0 aromatic heterocycles. The van der Waals surface area contributed by atoms with Crippen LogP contribution in [0.3, 0.4) is 0 Å². The van der Waals surface area contributed by atoms with Gasteiger partial charge < -0.3 is 10.4 Å². The highest BCUT2D eigenvalue weighted by Gasteiger charge is 2.11. The first-order valence-electron chi connectivity index (χ1n) is 6.61. The lowest BCUT2D eigenvalue weighted by Crippen LogP contribution is -2.37. The molecule has 0 spiro atoms. The van der Waals surface area contributed by atoms with Gasteiger partial charge in [0.15, 0.2) is 0 Å². The normalized spacial score (nSPS) is 12.3. The van der Waals surface area contributed by atoms with Crippen molar-refractivity contribution in [1.29, 1.82) is 0 Å². The Labute approximate surface area is 113 Å². The highest BCUT2D eigenvalue weighted by Crippen LogP contribution is 2.18. The quantitative estimate of drug-likeness (QED) is 0.863. The predicted octanol–water partition coefficient (Wildman–Crippen LogP) is 2.27. The average molecular weight is 257 g/mol. The van der Waals surface area contributed by atoms with Gasteiger partial charge in [-0.1, -0.05) is 49.4 Å². The van der Waals surface area contributed by atoms with Crippen LogP contribution in [0, 0.1) is 0 Å². The first-order valence-corrected chi connectivity index (χ1v) is 6.61. The van der Waals surface area contributed by atoms with Gasteiger partial charge in [-0.15, -0.1) is 0 Å².